The second kappa shape index (κ2) is 10.3. The molecule has 0 spiro atoms. The van der Waals surface area contributed by atoms with Crippen molar-refractivity contribution in [3.8, 4) is 5.75 Å². The highest BCUT2D eigenvalue weighted by molar-refractivity contribution is 5.88. The highest BCUT2D eigenvalue weighted by Crippen LogP contribution is 2.25. The van der Waals surface area contributed by atoms with Crippen molar-refractivity contribution < 1.29 is 19.1 Å². The van der Waals surface area contributed by atoms with E-state index >= 15 is 0 Å². The Bertz CT molecular complexity index is 856. The van der Waals surface area contributed by atoms with Crippen molar-refractivity contribution in [2.24, 2.45) is 0 Å². The molecule has 3 amide bonds. The first kappa shape index (κ1) is 21.2. The Balaban J connectivity index is 1.40. The van der Waals surface area contributed by atoms with Gasteiger partial charge in [-0.05, 0) is 24.1 Å². The van der Waals surface area contributed by atoms with Crippen molar-refractivity contribution in [2.75, 3.05) is 39.4 Å². The maximum Gasteiger partial charge on any atom is 0.318 e. The van der Waals surface area contributed by atoms with E-state index in [0.717, 1.165) is 17.7 Å². The number of amides is 3. The Hall–Kier alpha value is -3.06. The van der Waals surface area contributed by atoms with E-state index in [1.807, 2.05) is 60.7 Å². The topological polar surface area (TPSA) is 71.1 Å². The number of carbonyl (C=O) groups is 2. The van der Waals surface area contributed by atoms with E-state index in [9.17, 15) is 9.59 Å². The summed E-state index contributed by atoms with van der Waals surface area (Å²) in [6, 6.07) is 18.8. The number of ether oxygens (including phenoxy) is 2. The fraction of sp³-hybridized carbons (Fsp3) is 0.417. The van der Waals surface area contributed by atoms with Crippen LogP contribution in [0.1, 0.15) is 12.0 Å². The van der Waals surface area contributed by atoms with Crippen LogP contribution in [0, 0.1) is 0 Å². The minimum atomic E-state index is -0.525. The van der Waals surface area contributed by atoms with Crippen LogP contribution < -0.4 is 10.1 Å². The van der Waals surface area contributed by atoms with E-state index in [4.69, 9.17) is 9.47 Å². The first-order valence-corrected chi connectivity index (χ1v) is 10.9. The molecule has 7 nitrogen and oxygen atoms in total. The van der Waals surface area contributed by atoms with Crippen LogP contribution in [-0.4, -0.2) is 73.3 Å². The van der Waals surface area contributed by atoms with Gasteiger partial charge in [-0.25, -0.2) is 4.79 Å². The highest BCUT2D eigenvalue weighted by Gasteiger charge is 2.42. The van der Waals surface area contributed by atoms with Crippen LogP contribution in [0.2, 0.25) is 0 Å². The van der Waals surface area contributed by atoms with Crippen LogP contribution in [0.4, 0.5) is 4.79 Å². The number of para-hydroxylation sites is 1. The van der Waals surface area contributed by atoms with Crippen molar-refractivity contribution in [3.63, 3.8) is 0 Å². The van der Waals surface area contributed by atoms with Gasteiger partial charge in [0.15, 0.2) is 0 Å². The molecular formula is C24H29N3O4. The van der Waals surface area contributed by atoms with Crippen LogP contribution in [0.15, 0.2) is 60.7 Å². The lowest BCUT2D eigenvalue weighted by molar-refractivity contribution is -0.139. The molecule has 0 unspecified atom stereocenters. The van der Waals surface area contributed by atoms with Gasteiger partial charge < -0.3 is 24.6 Å². The second-order valence-corrected chi connectivity index (χ2v) is 7.86. The Morgan fingerprint density at radius 2 is 1.68 bits per heavy atom. The molecule has 2 aromatic carbocycles. The molecule has 2 aliphatic heterocycles. The Labute approximate surface area is 182 Å². The Morgan fingerprint density at radius 1 is 1.00 bits per heavy atom. The summed E-state index contributed by atoms with van der Waals surface area (Å²) < 4.78 is 11.5. The van der Waals surface area contributed by atoms with Gasteiger partial charge in [0.25, 0.3) is 0 Å². The van der Waals surface area contributed by atoms with Crippen molar-refractivity contribution in [2.45, 2.75) is 25.0 Å². The van der Waals surface area contributed by atoms with Crippen LogP contribution in [0.5, 0.6) is 5.75 Å². The molecule has 0 aromatic heterocycles. The fourth-order valence-corrected chi connectivity index (χ4v) is 4.09. The number of urea groups is 1. The third-order valence-electron chi connectivity index (χ3n) is 5.71. The number of hydrogen-bond donors (Lipinski definition) is 1. The molecule has 31 heavy (non-hydrogen) atoms. The highest BCUT2D eigenvalue weighted by atomic mass is 16.5. The molecule has 1 N–H and O–H groups in total. The van der Waals surface area contributed by atoms with Gasteiger partial charge in [-0.2, -0.15) is 0 Å². The normalized spacial score (nSPS) is 21.0. The number of hydrogen-bond acceptors (Lipinski definition) is 4. The average molecular weight is 424 g/mol. The zero-order valence-corrected chi connectivity index (χ0v) is 17.6. The van der Waals surface area contributed by atoms with E-state index in [1.165, 1.54) is 0 Å². The van der Waals surface area contributed by atoms with E-state index in [1.54, 1.807) is 9.80 Å². The molecule has 0 aliphatic carbocycles. The van der Waals surface area contributed by atoms with Crippen LogP contribution in [0.3, 0.4) is 0 Å². The molecule has 2 saturated heterocycles. The molecule has 0 radical (unpaired) electrons. The van der Waals surface area contributed by atoms with E-state index < -0.39 is 6.04 Å². The van der Waals surface area contributed by atoms with Crippen molar-refractivity contribution in [3.05, 3.63) is 66.2 Å². The van der Waals surface area contributed by atoms with Crippen molar-refractivity contribution in [1.29, 1.82) is 0 Å². The number of carbonyl (C=O) groups excluding carboxylic acids is 2. The third kappa shape index (κ3) is 5.55. The van der Waals surface area contributed by atoms with Gasteiger partial charge in [0.2, 0.25) is 5.91 Å². The first-order valence-electron chi connectivity index (χ1n) is 10.9. The van der Waals surface area contributed by atoms with Crippen LogP contribution in [0.25, 0.3) is 0 Å². The quantitative estimate of drug-likeness (QED) is 0.774. The Kier molecular flexibility index (Phi) is 7.04. The van der Waals surface area contributed by atoms with Gasteiger partial charge in [-0.15, -0.1) is 0 Å². The molecule has 2 atom stereocenters. The maximum atomic E-state index is 13.2. The second-order valence-electron chi connectivity index (χ2n) is 7.86. The van der Waals surface area contributed by atoms with Crippen LogP contribution >= 0.6 is 0 Å². The lowest BCUT2D eigenvalue weighted by atomic mass is 10.1. The van der Waals surface area contributed by atoms with Crippen molar-refractivity contribution in [1.82, 2.24) is 15.1 Å². The van der Waals surface area contributed by atoms with Crippen molar-refractivity contribution >= 4 is 11.9 Å². The molecule has 2 aromatic rings. The predicted molar refractivity (Wildman–Crippen MR) is 117 cm³/mol. The molecule has 2 fully saturated rings. The maximum absolute atomic E-state index is 13.2. The summed E-state index contributed by atoms with van der Waals surface area (Å²) in [4.78, 5) is 29.6. The fourth-order valence-electron chi connectivity index (χ4n) is 4.09. The number of likely N-dealkylation sites (tertiary alicyclic amines) is 1. The number of nitrogens with zero attached hydrogens (tertiary/aromatic N) is 2. The Morgan fingerprint density at radius 3 is 2.39 bits per heavy atom. The van der Waals surface area contributed by atoms with E-state index in [-0.39, 0.29) is 18.0 Å². The zero-order valence-electron chi connectivity index (χ0n) is 17.6. The summed E-state index contributed by atoms with van der Waals surface area (Å²) >= 11 is 0. The van der Waals surface area contributed by atoms with Crippen LogP contribution in [-0.2, 0) is 16.0 Å². The monoisotopic (exact) mass is 423 g/mol. The molecule has 4 rings (SSSR count). The molecule has 2 aliphatic rings. The smallest absolute Gasteiger partial charge is 0.318 e. The molecule has 0 saturated carbocycles. The lowest BCUT2D eigenvalue weighted by Gasteiger charge is -2.32. The minimum absolute atomic E-state index is 0.0272. The summed E-state index contributed by atoms with van der Waals surface area (Å²) in [6.45, 7) is 3.08. The summed E-state index contributed by atoms with van der Waals surface area (Å²) in [7, 11) is 0. The predicted octanol–water partition coefficient (Wildman–Crippen LogP) is 2.32. The molecule has 2 heterocycles. The molecule has 0 bridgehead atoms. The molecular weight excluding hydrogens is 394 g/mol. The summed E-state index contributed by atoms with van der Waals surface area (Å²) in [6.07, 6.45) is 1.00. The lowest BCUT2D eigenvalue weighted by Crippen LogP contribution is -2.53. The summed E-state index contributed by atoms with van der Waals surface area (Å²) in [5.41, 5.74) is 1.16. The van der Waals surface area contributed by atoms with Gasteiger partial charge in [-0.1, -0.05) is 48.5 Å². The zero-order chi connectivity index (χ0) is 21.5. The van der Waals surface area contributed by atoms with Gasteiger partial charge in [0.05, 0.1) is 19.8 Å². The average Bonchev–Trinajstić information content (AvgIpc) is 3.24. The van der Waals surface area contributed by atoms with Gasteiger partial charge >= 0.3 is 6.03 Å². The first-order chi connectivity index (χ1) is 15.2. The molecule has 7 heteroatoms. The van der Waals surface area contributed by atoms with Gasteiger partial charge in [0.1, 0.15) is 17.9 Å². The number of morpholine rings is 1. The molecule has 164 valence electrons. The van der Waals surface area contributed by atoms with Gasteiger partial charge in [-0.3, -0.25) is 4.79 Å². The van der Waals surface area contributed by atoms with Gasteiger partial charge in [0, 0.05) is 26.1 Å². The summed E-state index contributed by atoms with van der Waals surface area (Å²) in [5.74, 6) is 0.720. The number of rotatable bonds is 6. The number of benzene rings is 2. The standard InChI is InChI=1S/C24H29N3O4/c28-23(26-13-15-30-16-14-26)22-17-21(31-20-9-5-2-6-10-20)18-27(22)24(29)25-12-11-19-7-3-1-4-8-19/h1-10,21-22H,11-18H2,(H,25,29)/t21-,22-/m0/s1. The SMILES string of the molecule is O=C([C@@H]1C[C@H](Oc2ccccc2)CN1C(=O)NCCc1ccccc1)N1CCOCC1. The minimum Gasteiger partial charge on any atom is -0.488 e. The number of nitrogens with one attached hydrogen (secondary N) is 1. The third-order valence-corrected chi connectivity index (χ3v) is 5.71. The van der Waals surface area contributed by atoms with E-state index in [0.29, 0.717) is 45.8 Å². The van der Waals surface area contributed by atoms with E-state index in [2.05, 4.69) is 5.32 Å². The summed E-state index contributed by atoms with van der Waals surface area (Å²) in [5, 5.41) is 2.98. The largest absolute Gasteiger partial charge is 0.488 e.